The van der Waals surface area contributed by atoms with Gasteiger partial charge in [0.05, 0.1) is 11.7 Å². The molecule has 2 heteroatoms. The largest absolute Gasteiger partial charge is 0.262 e. The van der Waals surface area contributed by atoms with Crippen molar-refractivity contribution in [2.45, 2.75) is 18.9 Å². The van der Waals surface area contributed by atoms with Gasteiger partial charge in [0.2, 0.25) is 0 Å². The first-order valence-electron chi connectivity index (χ1n) is 3.58. The highest BCUT2D eigenvalue weighted by Gasteiger charge is 2.25. The topological polar surface area (TPSA) is 17.8 Å². The van der Waals surface area contributed by atoms with Crippen LogP contribution in [-0.4, -0.2) is 9.78 Å². The number of hydrogen-bond acceptors (Lipinski definition) is 1. The maximum absolute atomic E-state index is 4.19. The van der Waals surface area contributed by atoms with E-state index in [1.165, 1.54) is 12.8 Å². The van der Waals surface area contributed by atoms with Gasteiger partial charge in [0, 0.05) is 6.20 Å². The molecule has 0 N–H and O–H groups in total. The van der Waals surface area contributed by atoms with Gasteiger partial charge in [0.25, 0.3) is 0 Å². The maximum atomic E-state index is 4.19. The van der Waals surface area contributed by atoms with Crippen LogP contribution in [0.15, 0.2) is 18.8 Å². The lowest BCUT2D eigenvalue weighted by Crippen LogP contribution is -1.97. The highest BCUT2D eigenvalue weighted by molar-refractivity contribution is 5.41. The van der Waals surface area contributed by atoms with Crippen molar-refractivity contribution in [3.05, 3.63) is 24.5 Å². The molecule has 0 aliphatic heterocycles. The van der Waals surface area contributed by atoms with Gasteiger partial charge in [-0.15, -0.1) is 0 Å². The van der Waals surface area contributed by atoms with Gasteiger partial charge in [0.1, 0.15) is 0 Å². The molecule has 0 amide bonds. The summed E-state index contributed by atoms with van der Waals surface area (Å²) in [4.78, 5) is 0. The first-order valence-corrected chi connectivity index (χ1v) is 3.58. The molecule has 0 bridgehead atoms. The van der Waals surface area contributed by atoms with Crippen LogP contribution in [0.3, 0.4) is 0 Å². The van der Waals surface area contributed by atoms with Crippen LogP contribution in [0.5, 0.6) is 0 Å². The van der Waals surface area contributed by atoms with Crippen molar-refractivity contribution in [2.24, 2.45) is 0 Å². The minimum absolute atomic E-state index is 0.669. The molecule has 1 aromatic heterocycles. The predicted molar refractivity (Wildman–Crippen MR) is 40.6 cm³/mol. The summed E-state index contributed by atoms with van der Waals surface area (Å²) < 4.78 is 2.05. The second-order valence-corrected chi connectivity index (χ2v) is 2.64. The molecule has 1 fully saturated rings. The van der Waals surface area contributed by atoms with Crippen LogP contribution < -0.4 is 0 Å². The van der Waals surface area contributed by atoms with Crippen molar-refractivity contribution in [1.29, 1.82) is 0 Å². The average molecular weight is 134 g/mol. The van der Waals surface area contributed by atoms with E-state index in [0.717, 1.165) is 5.69 Å². The van der Waals surface area contributed by atoms with E-state index in [0.29, 0.717) is 6.04 Å². The van der Waals surface area contributed by atoms with Gasteiger partial charge in [-0.25, -0.2) is 0 Å². The van der Waals surface area contributed by atoms with Crippen LogP contribution in [0.25, 0.3) is 6.08 Å². The summed E-state index contributed by atoms with van der Waals surface area (Å²) in [6, 6.07) is 2.66. The van der Waals surface area contributed by atoms with Crippen molar-refractivity contribution in [3.8, 4) is 0 Å². The van der Waals surface area contributed by atoms with E-state index in [1.54, 1.807) is 0 Å². The van der Waals surface area contributed by atoms with Crippen LogP contribution in [-0.2, 0) is 0 Å². The monoisotopic (exact) mass is 134 g/mol. The lowest BCUT2D eigenvalue weighted by atomic mass is 10.4. The molecule has 52 valence electrons. The van der Waals surface area contributed by atoms with Crippen molar-refractivity contribution >= 4 is 6.08 Å². The Hall–Kier alpha value is -1.05. The summed E-state index contributed by atoms with van der Waals surface area (Å²) in [6.45, 7) is 3.71. The van der Waals surface area contributed by atoms with E-state index in [9.17, 15) is 0 Å². The first-order chi connectivity index (χ1) is 4.92. The Kier molecular flexibility index (Phi) is 1.13. The van der Waals surface area contributed by atoms with Crippen LogP contribution in [0, 0.1) is 0 Å². The summed E-state index contributed by atoms with van der Waals surface area (Å²) in [5.41, 5.74) is 1.14. The molecule has 0 atom stereocenters. The minimum atomic E-state index is 0.669. The van der Waals surface area contributed by atoms with Crippen molar-refractivity contribution in [3.63, 3.8) is 0 Å². The summed E-state index contributed by atoms with van der Waals surface area (Å²) in [5.74, 6) is 0. The smallest absolute Gasteiger partial charge is 0.0607 e. The molecule has 10 heavy (non-hydrogen) atoms. The number of rotatable bonds is 2. The van der Waals surface area contributed by atoms with Crippen molar-refractivity contribution in [1.82, 2.24) is 9.78 Å². The molecule has 0 radical (unpaired) electrons. The van der Waals surface area contributed by atoms with Crippen LogP contribution >= 0.6 is 0 Å². The Balaban J connectivity index is 2.37. The standard InChI is InChI=1S/C8H10N2/c1-2-7-5-6-9-10(7)8-3-4-8/h2,5-6,8H,1,3-4H2. The number of aromatic nitrogens is 2. The zero-order valence-corrected chi connectivity index (χ0v) is 5.83. The lowest BCUT2D eigenvalue weighted by Gasteiger charge is -1.98. The molecule has 0 aromatic carbocycles. The van der Waals surface area contributed by atoms with Gasteiger partial charge in [0.15, 0.2) is 0 Å². The van der Waals surface area contributed by atoms with Gasteiger partial charge in [-0.05, 0) is 25.0 Å². The van der Waals surface area contributed by atoms with Gasteiger partial charge < -0.3 is 0 Å². The molecule has 1 saturated carbocycles. The van der Waals surface area contributed by atoms with Gasteiger partial charge in [-0.3, -0.25) is 4.68 Å². The fraction of sp³-hybridized carbons (Fsp3) is 0.375. The van der Waals surface area contributed by atoms with E-state index in [1.807, 2.05) is 23.0 Å². The molecule has 0 unspecified atom stereocenters. The summed E-state index contributed by atoms with van der Waals surface area (Å²) in [5, 5.41) is 4.19. The summed E-state index contributed by atoms with van der Waals surface area (Å²) >= 11 is 0. The number of nitrogens with zero attached hydrogens (tertiary/aromatic N) is 2. The zero-order valence-electron chi connectivity index (χ0n) is 5.83. The molecular weight excluding hydrogens is 124 g/mol. The molecule has 1 aliphatic rings. The van der Waals surface area contributed by atoms with E-state index >= 15 is 0 Å². The molecular formula is C8H10N2. The molecule has 2 rings (SSSR count). The van der Waals surface area contributed by atoms with E-state index in [4.69, 9.17) is 0 Å². The molecule has 0 saturated heterocycles. The van der Waals surface area contributed by atoms with Crippen LogP contribution in [0.4, 0.5) is 0 Å². The highest BCUT2D eigenvalue weighted by Crippen LogP contribution is 2.35. The van der Waals surface area contributed by atoms with E-state index in [2.05, 4.69) is 11.7 Å². The second kappa shape index (κ2) is 1.97. The quantitative estimate of drug-likeness (QED) is 0.603. The summed E-state index contributed by atoms with van der Waals surface area (Å²) in [7, 11) is 0. The van der Waals surface area contributed by atoms with Gasteiger partial charge in [-0.1, -0.05) is 6.58 Å². The third-order valence-electron chi connectivity index (χ3n) is 1.80. The Labute approximate surface area is 60.2 Å². The minimum Gasteiger partial charge on any atom is -0.262 e. The molecule has 1 aromatic rings. The van der Waals surface area contributed by atoms with E-state index < -0.39 is 0 Å². The molecule has 0 spiro atoms. The third-order valence-corrected chi connectivity index (χ3v) is 1.80. The van der Waals surface area contributed by atoms with Crippen LogP contribution in [0.1, 0.15) is 24.6 Å². The molecule has 1 heterocycles. The fourth-order valence-corrected chi connectivity index (χ4v) is 1.11. The SMILES string of the molecule is C=Cc1ccnn1C1CC1. The highest BCUT2D eigenvalue weighted by atomic mass is 15.3. The van der Waals surface area contributed by atoms with Crippen molar-refractivity contribution in [2.75, 3.05) is 0 Å². The molecule has 2 nitrogen and oxygen atoms in total. The lowest BCUT2D eigenvalue weighted by molar-refractivity contribution is 0.636. The Morgan fingerprint density at radius 2 is 2.50 bits per heavy atom. The average Bonchev–Trinajstić information content (AvgIpc) is 2.69. The molecule has 1 aliphatic carbocycles. The Morgan fingerprint density at radius 1 is 1.70 bits per heavy atom. The fourth-order valence-electron chi connectivity index (χ4n) is 1.11. The van der Waals surface area contributed by atoms with Crippen molar-refractivity contribution < 1.29 is 0 Å². The second-order valence-electron chi connectivity index (χ2n) is 2.64. The maximum Gasteiger partial charge on any atom is 0.0607 e. The van der Waals surface area contributed by atoms with E-state index in [-0.39, 0.29) is 0 Å². The normalized spacial score (nSPS) is 17.2. The van der Waals surface area contributed by atoms with Gasteiger partial charge >= 0.3 is 0 Å². The summed E-state index contributed by atoms with van der Waals surface area (Å²) in [6.07, 6.45) is 6.24. The number of hydrogen-bond donors (Lipinski definition) is 0. The predicted octanol–water partition coefficient (Wildman–Crippen LogP) is 1.86. The van der Waals surface area contributed by atoms with Gasteiger partial charge in [-0.2, -0.15) is 5.10 Å². The first kappa shape index (κ1) is 5.71. The zero-order chi connectivity index (χ0) is 6.97. The Morgan fingerprint density at radius 3 is 3.10 bits per heavy atom. The third kappa shape index (κ3) is 0.764. The Bertz CT molecular complexity index is 246. The van der Waals surface area contributed by atoms with Crippen LogP contribution in [0.2, 0.25) is 0 Å².